The van der Waals surface area contributed by atoms with Crippen LogP contribution in [0.4, 0.5) is 4.79 Å². The fraction of sp³-hybridized carbons (Fsp3) is 0.923. The molecule has 0 radical (unpaired) electrons. The van der Waals surface area contributed by atoms with Crippen LogP contribution in [0.25, 0.3) is 0 Å². The molecule has 1 amide bonds. The molecule has 4 aliphatic carbocycles. The van der Waals surface area contributed by atoms with Gasteiger partial charge in [-0.15, -0.1) is 0 Å². The summed E-state index contributed by atoms with van der Waals surface area (Å²) in [5.41, 5.74) is -0.135. The predicted octanol–water partition coefficient (Wildman–Crippen LogP) is 0.802. The Morgan fingerprint density at radius 1 is 1.28 bits per heavy atom. The molecule has 0 saturated heterocycles. The van der Waals surface area contributed by atoms with E-state index in [2.05, 4.69) is 5.32 Å². The largest absolute Gasteiger partial charge is 0.465 e. The molecule has 0 aliphatic heterocycles. The smallest absolute Gasteiger partial charge is 0.405 e. The molecule has 4 aliphatic rings. The second-order valence-corrected chi connectivity index (χ2v) is 6.46. The van der Waals surface area contributed by atoms with Gasteiger partial charge in [-0.25, -0.2) is 4.79 Å². The molecule has 0 aromatic carbocycles. The number of aliphatic hydroxyl groups excluding tert-OH is 2. The number of carboxylic acid groups (broad SMARTS) is 1. The van der Waals surface area contributed by atoms with Crippen LogP contribution in [-0.4, -0.2) is 40.2 Å². The van der Waals surface area contributed by atoms with Crippen LogP contribution in [0.1, 0.15) is 32.1 Å². The second-order valence-electron chi connectivity index (χ2n) is 6.46. The van der Waals surface area contributed by atoms with Gasteiger partial charge < -0.3 is 20.6 Å². The van der Waals surface area contributed by atoms with Crippen LogP contribution in [0.5, 0.6) is 0 Å². The van der Waals surface area contributed by atoms with E-state index in [4.69, 9.17) is 5.11 Å². The number of rotatable bonds is 4. The van der Waals surface area contributed by atoms with Crippen LogP contribution in [0.15, 0.2) is 0 Å². The van der Waals surface area contributed by atoms with Crippen LogP contribution < -0.4 is 5.32 Å². The lowest BCUT2D eigenvalue weighted by Crippen LogP contribution is -2.53. The van der Waals surface area contributed by atoms with Crippen LogP contribution >= 0.6 is 0 Å². The molecule has 4 atom stereocenters. The third-order valence-corrected chi connectivity index (χ3v) is 5.53. The van der Waals surface area contributed by atoms with Gasteiger partial charge in [0.25, 0.3) is 0 Å². The first kappa shape index (κ1) is 12.2. The quantitative estimate of drug-likeness (QED) is 0.598. The summed E-state index contributed by atoms with van der Waals surface area (Å²) in [6, 6.07) is -0.749. The van der Waals surface area contributed by atoms with Crippen LogP contribution in [0.2, 0.25) is 0 Å². The highest BCUT2D eigenvalue weighted by molar-refractivity contribution is 5.65. The molecule has 0 aromatic rings. The van der Waals surface area contributed by atoms with Crippen molar-refractivity contribution in [3.05, 3.63) is 0 Å². The van der Waals surface area contributed by atoms with Gasteiger partial charge in [0.2, 0.25) is 0 Å². The monoisotopic (exact) mass is 255 g/mol. The average molecular weight is 255 g/mol. The Morgan fingerprint density at radius 2 is 1.89 bits per heavy atom. The molecule has 2 unspecified atom stereocenters. The molecular weight excluding hydrogens is 234 g/mol. The van der Waals surface area contributed by atoms with Gasteiger partial charge in [-0.1, -0.05) is 0 Å². The Balaban J connectivity index is 1.79. The SMILES string of the molecule is O=C(O)N[C@H](CO)[C@@H](O)C12CC3CC(CC1C3)C2. The highest BCUT2D eigenvalue weighted by Crippen LogP contribution is 2.66. The van der Waals surface area contributed by atoms with E-state index < -0.39 is 18.2 Å². The number of hydrogen-bond donors (Lipinski definition) is 4. The average Bonchev–Trinajstić information content (AvgIpc) is 2.71. The summed E-state index contributed by atoms with van der Waals surface area (Å²) >= 11 is 0. The van der Waals surface area contributed by atoms with E-state index in [1.165, 1.54) is 19.3 Å². The number of carbonyl (C=O) groups is 1. The van der Waals surface area contributed by atoms with E-state index in [0.29, 0.717) is 17.8 Å². The van der Waals surface area contributed by atoms with Crippen molar-refractivity contribution in [2.75, 3.05) is 6.61 Å². The van der Waals surface area contributed by atoms with E-state index in [-0.39, 0.29) is 12.0 Å². The maximum absolute atomic E-state index is 10.7. The van der Waals surface area contributed by atoms with Crippen LogP contribution in [0.3, 0.4) is 0 Å². The molecule has 4 bridgehead atoms. The van der Waals surface area contributed by atoms with Crippen LogP contribution in [-0.2, 0) is 0 Å². The Kier molecular flexibility index (Phi) is 2.79. The van der Waals surface area contributed by atoms with E-state index in [1.807, 2.05) is 0 Å². The lowest BCUT2D eigenvalue weighted by molar-refractivity contribution is -0.0356. The summed E-state index contributed by atoms with van der Waals surface area (Å²) in [5, 5.41) is 30.9. The Labute approximate surface area is 106 Å². The number of nitrogens with one attached hydrogen (secondary N) is 1. The van der Waals surface area contributed by atoms with Crippen molar-refractivity contribution in [3.8, 4) is 0 Å². The summed E-state index contributed by atoms with van der Waals surface area (Å²) in [5.74, 6) is 1.95. The summed E-state index contributed by atoms with van der Waals surface area (Å²) in [7, 11) is 0. The lowest BCUT2D eigenvalue weighted by Gasteiger charge is -2.40. The molecular formula is C13H21NO4. The molecule has 5 nitrogen and oxygen atoms in total. The van der Waals surface area contributed by atoms with Gasteiger partial charge in [0.1, 0.15) is 0 Å². The molecule has 4 saturated carbocycles. The molecule has 5 heteroatoms. The van der Waals surface area contributed by atoms with Crippen molar-refractivity contribution in [2.24, 2.45) is 23.2 Å². The minimum Gasteiger partial charge on any atom is -0.465 e. The van der Waals surface area contributed by atoms with Gasteiger partial charge in [-0.2, -0.15) is 0 Å². The molecule has 18 heavy (non-hydrogen) atoms. The van der Waals surface area contributed by atoms with Crippen molar-refractivity contribution in [1.29, 1.82) is 0 Å². The highest BCUT2D eigenvalue weighted by Gasteiger charge is 2.61. The van der Waals surface area contributed by atoms with Crippen LogP contribution in [0, 0.1) is 23.2 Å². The van der Waals surface area contributed by atoms with Gasteiger partial charge in [-0.05, 0) is 49.9 Å². The number of hydrogen-bond acceptors (Lipinski definition) is 3. The van der Waals surface area contributed by atoms with Crippen molar-refractivity contribution in [2.45, 2.75) is 44.2 Å². The summed E-state index contributed by atoms with van der Waals surface area (Å²) in [6.07, 6.45) is 3.72. The zero-order valence-corrected chi connectivity index (χ0v) is 10.4. The second kappa shape index (κ2) is 4.10. The normalized spacial score (nSPS) is 44.0. The third kappa shape index (κ3) is 1.64. The molecule has 0 heterocycles. The molecule has 4 rings (SSSR count). The highest BCUT2D eigenvalue weighted by atomic mass is 16.4. The van der Waals surface area contributed by atoms with Crippen molar-refractivity contribution in [3.63, 3.8) is 0 Å². The molecule has 4 N–H and O–H groups in total. The van der Waals surface area contributed by atoms with Gasteiger partial charge in [0.05, 0.1) is 18.8 Å². The van der Waals surface area contributed by atoms with E-state index in [0.717, 1.165) is 12.8 Å². The van der Waals surface area contributed by atoms with E-state index >= 15 is 0 Å². The molecule has 4 fully saturated rings. The van der Waals surface area contributed by atoms with Gasteiger partial charge in [-0.3, -0.25) is 0 Å². The maximum atomic E-state index is 10.7. The number of amides is 1. The number of aliphatic hydroxyl groups is 2. The first-order valence-electron chi connectivity index (χ1n) is 6.83. The summed E-state index contributed by atoms with van der Waals surface area (Å²) in [6.45, 7) is -0.336. The topological polar surface area (TPSA) is 89.8 Å². The Bertz CT molecular complexity index is 345. The fourth-order valence-electron chi connectivity index (χ4n) is 5.13. The third-order valence-electron chi connectivity index (χ3n) is 5.53. The standard InChI is InChI=1S/C13H21NO4/c15-6-10(14-12(17)18)11(16)13-4-7-1-8(5-13)3-9(13)2-7/h7-11,14-16H,1-6H2,(H,17,18)/t7?,8?,9?,10-,11-,13?/m1/s1. The Morgan fingerprint density at radius 3 is 2.39 bits per heavy atom. The lowest BCUT2D eigenvalue weighted by atomic mass is 9.70. The van der Waals surface area contributed by atoms with E-state index in [1.54, 1.807) is 0 Å². The fourth-order valence-corrected chi connectivity index (χ4v) is 5.13. The van der Waals surface area contributed by atoms with Gasteiger partial charge >= 0.3 is 6.09 Å². The van der Waals surface area contributed by atoms with Gasteiger partial charge in [0.15, 0.2) is 0 Å². The minimum absolute atomic E-state index is 0.135. The van der Waals surface area contributed by atoms with Crippen molar-refractivity contribution in [1.82, 2.24) is 5.32 Å². The van der Waals surface area contributed by atoms with Crippen molar-refractivity contribution >= 4 is 6.09 Å². The zero-order chi connectivity index (χ0) is 12.9. The molecule has 102 valence electrons. The minimum atomic E-state index is -1.18. The first-order valence-corrected chi connectivity index (χ1v) is 6.83. The van der Waals surface area contributed by atoms with Crippen molar-refractivity contribution < 1.29 is 20.1 Å². The maximum Gasteiger partial charge on any atom is 0.405 e. The van der Waals surface area contributed by atoms with E-state index in [9.17, 15) is 15.0 Å². The summed E-state index contributed by atoms with van der Waals surface area (Å²) in [4.78, 5) is 10.7. The summed E-state index contributed by atoms with van der Waals surface area (Å²) < 4.78 is 0. The van der Waals surface area contributed by atoms with Gasteiger partial charge in [0, 0.05) is 5.41 Å². The first-order chi connectivity index (χ1) is 8.55. The Hall–Kier alpha value is -0.810. The predicted molar refractivity (Wildman–Crippen MR) is 64.0 cm³/mol. The molecule has 0 aromatic heterocycles. The zero-order valence-electron chi connectivity index (χ0n) is 10.4. The molecule has 0 spiro atoms.